The van der Waals surface area contributed by atoms with Gasteiger partial charge in [0.2, 0.25) is 0 Å². The molecule has 2 bridgehead atoms. The third kappa shape index (κ3) is 2.85. The van der Waals surface area contributed by atoms with Gasteiger partial charge in [0.05, 0.1) is 19.8 Å². The smallest absolute Gasteiger partial charge is 0.411 e. The summed E-state index contributed by atoms with van der Waals surface area (Å²) in [6.07, 6.45) is 1.70. The van der Waals surface area contributed by atoms with E-state index >= 15 is 0 Å². The largest absolute Gasteiger partial charge is 0.445 e. The normalized spacial score (nSPS) is 32.6. The molecule has 5 atom stereocenters. The number of likely N-dealkylation sites (N-methyl/N-ethyl adjacent to an activating group) is 1. The van der Waals surface area contributed by atoms with Crippen LogP contribution in [0.4, 0.5) is 14.9 Å². The van der Waals surface area contributed by atoms with E-state index in [1.54, 1.807) is 6.07 Å². The molecule has 5 nitrogen and oxygen atoms in total. The minimum absolute atomic E-state index is 0.104. The Morgan fingerprint density at radius 3 is 2.67 bits per heavy atom. The van der Waals surface area contributed by atoms with E-state index in [2.05, 4.69) is 19.4 Å². The first kappa shape index (κ1) is 17.2. The van der Waals surface area contributed by atoms with Gasteiger partial charge in [0.1, 0.15) is 36.2 Å². The molecule has 1 aromatic heterocycles. The van der Waals surface area contributed by atoms with E-state index in [-0.39, 0.29) is 11.9 Å². The lowest BCUT2D eigenvalue weighted by atomic mass is 9.96. The molecule has 3 fully saturated rings. The van der Waals surface area contributed by atoms with E-state index < -0.39 is 6.09 Å². The predicted molar refractivity (Wildman–Crippen MR) is 101 cm³/mol. The summed E-state index contributed by atoms with van der Waals surface area (Å²) in [5, 5.41) is 4.73. The van der Waals surface area contributed by atoms with Crippen LogP contribution in [0.2, 0.25) is 0 Å². The molecule has 0 aliphatic carbocycles. The van der Waals surface area contributed by atoms with Crippen molar-refractivity contribution in [3.63, 3.8) is 0 Å². The number of ether oxygens (including phenoxy) is 2. The number of morpholine rings is 1. The Balaban J connectivity index is 1.29. The second-order valence-corrected chi connectivity index (χ2v) is 9.07. The van der Waals surface area contributed by atoms with Crippen molar-refractivity contribution in [1.82, 2.24) is 0 Å². The zero-order valence-corrected chi connectivity index (χ0v) is 16.0. The summed E-state index contributed by atoms with van der Waals surface area (Å²) in [5.74, 6) is -0.333. The van der Waals surface area contributed by atoms with Gasteiger partial charge in [-0.1, -0.05) is 6.07 Å². The lowest BCUT2D eigenvalue weighted by Crippen LogP contribution is -2.60. The number of carbonyl (C=O) groups is 1. The number of benzene rings is 1. The first-order valence-electron chi connectivity index (χ1n) is 9.23. The summed E-state index contributed by atoms with van der Waals surface area (Å²) in [6, 6.07) is 8.95. The van der Waals surface area contributed by atoms with Gasteiger partial charge in [-0.15, -0.1) is 11.3 Å². The van der Waals surface area contributed by atoms with Crippen LogP contribution in [0.3, 0.4) is 0 Å². The molecule has 7 heteroatoms. The summed E-state index contributed by atoms with van der Waals surface area (Å²) in [6.45, 7) is 0. The molecule has 1 N–H and O–H groups in total. The summed E-state index contributed by atoms with van der Waals surface area (Å²) < 4.78 is 26.2. The molecule has 27 heavy (non-hydrogen) atoms. The van der Waals surface area contributed by atoms with Crippen molar-refractivity contribution in [3.8, 4) is 10.4 Å². The molecule has 142 valence electrons. The number of thiophene rings is 1. The van der Waals surface area contributed by atoms with E-state index in [4.69, 9.17) is 9.47 Å². The fourth-order valence-corrected chi connectivity index (χ4v) is 5.61. The summed E-state index contributed by atoms with van der Waals surface area (Å²) in [4.78, 5) is 13.4. The molecule has 4 heterocycles. The Morgan fingerprint density at radius 2 is 2.00 bits per heavy atom. The minimum Gasteiger partial charge on any atom is -0.445 e. The van der Waals surface area contributed by atoms with Crippen LogP contribution in [0.25, 0.3) is 10.4 Å². The van der Waals surface area contributed by atoms with E-state index in [0.717, 1.165) is 22.2 Å². The molecular weight excluding hydrogens is 367 g/mol. The molecule has 0 saturated carbocycles. The van der Waals surface area contributed by atoms with Crippen LogP contribution in [0.5, 0.6) is 0 Å². The Bertz CT molecular complexity index is 865. The van der Waals surface area contributed by atoms with Gasteiger partial charge in [-0.05, 0) is 29.6 Å². The highest BCUT2D eigenvalue weighted by Gasteiger charge is 2.70. The number of amides is 1. The summed E-state index contributed by atoms with van der Waals surface area (Å²) >= 11 is 1.50. The van der Waals surface area contributed by atoms with Crippen LogP contribution in [0.15, 0.2) is 35.7 Å². The lowest BCUT2D eigenvalue weighted by Gasteiger charge is -2.45. The quantitative estimate of drug-likeness (QED) is 0.641. The fraction of sp³-hybridized carbons (Fsp3) is 0.450. The molecule has 0 spiro atoms. The molecule has 5 rings (SSSR count). The number of hydrogen-bond acceptors (Lipinski definition) is 4. The van der Waals surface area contributed by atoms with Gasteiger partial charge in [0, 0.05) is 23.3 Å². The predicted octanol–water partition coefficient (Wildman–Crippen LogP) is 3.86. The molecule has 0 radical (unpaired) electrons. The first-order valence-corrected chi connectivity index (χ1v) is 10.1. The van der Waals surface area contributed by atoms with Gasteiger partial charge in [0.15, 0.2) is 0 Å². The molecular formula is C20H22FN2O3S+. The van der Waals surface area contributed by atoms with Crippen LogP contribution in [-0.2, 0) is 9.47 Å². The van der Waals surface area contributed by atoms with Gasteiger partial charge >= 0.3 is 6.09 Å². The van der Waals surface area contributed by atoms with E-state index in [1.165, 1.54) is 23.5 Å². The van der Waals surface area contributed by atoms with Crippen LogP contribution in [0.1, 0.15) is 12.8 Å². The fourth-order valence-electron chi connectivity index (χ4n) is 4.85. The van der Waals surface area contributed by atoms with Crippen molar-refractivity contribution in [3.05, 3.63) is 41.5 Å². The van der Waals surface area contributed by atoms with Gasteiger partial charge < -0.3 is 14.0 Å². The summed E-state index contributed by atoms with van der Waals surface area (Å²) in [5.41, 5.74) is 1.23. The number of rotatable bonds is 3. The highest BCUT2D eigenvalue weighted by molar-refractivity contribution is 7.13. The lowest BCUT2D eigenvalue weighted by molar-refractivity contribution is -0.938. The number of nitrogens with zero attached hydrogens (tertiary/aromatic N) is 1. The van der Waals surface area contributed by atoms with E-state index in [0.29, 0.717) is 35.5 Å². The van der Waals surface area contributed by atoms with Crippen molar-refractivity contribution in [2.75, 3.05) is 19.4 Å². The maximum Gasteiger partial charge on any atom is 0.411 e. The standard InChI is InChI=1S/C20H21FN2O3S/c1-23(2)15-9-12(10-16(23)19-18(15)26-19)25-20(24)22-14-6-5-11(21)8-13(14)17-4-3-7-27-17/h3-8,12,15-16,18-19H,9-10H2,1-2H3/p+1/t12?,15-,16+,18+,19-. The Kier molecular flexibility index (Phi) is 3.83. The molecule has 1 amide bonds. The number of epoxide rings is 1. The molecule has 3 saturated heterocycles. The zero-order valence-electron chi connectivity index (χ0n) is 15.2. The van der Waals surface area contributed by atoms with Crippen LogP contribution < -0.4 is 5.32 Å². The average Bonchev–Trinajstić information content (AvgIpc) is 3.17. The van der Waals surface area contributed by atoms with Crippen LogP contribution in [-0.4, -0.2) is 55.1 Å². The Hall–Kier alpha value is -1.96. The molecule has 3 aliphatic heterocycles. The van der Waals surface area contributed by atoms with E-state index in [1.807, 2.05) is 17.5 Å². The zero-order chi connectivity index (χ0) is 18.8. The van der Waals surface area contributed by atoms with Gasteiger partial charge in [0.25, 0.3) is 0 Å². The minimum atomic E-state index is -0.481. The maximum absolute atomic E-state index is 13.7. The van der Waals surface area contributed by atoms with Gasteiger partial charge in [-0.2, -0.15) is 0 Å². The summed E-state index contributed by atoms with van der Waals surface area (Å²) in [7, 11) is 4.49. The van der Waals surface area contributed by atoms with Gasteiger partial charge in [-0.25, -0.2) is 9.18 Å². The van der Waals surface area contributed by atoms with E-state index in [9.17, 15) is 9.18 Å². The van der Waals surface area contributed by atoms with Gasteiger partial charge in [-0.3, -0.25) is 5.32 Å². The highest BCUT2D eigenvalue weighted by atomic mass is 32.1. The third-order valence-electron chi connectivity index (χ3n) is 6.32. The van der Waals surface area contributed by atoms with Crippen molar-refractivity contribution < 1.29 is 23.1 Å². The number of nitrogens with one attached hydrogen (secondary N) is 1. The number of piperidine rings is 1. The highest BCUT2D eigenvalue weighted by Crippen LogP contribution is 2.51. The number of hydrogen-bond donors (Lipinski definition) is 1. The Morgan fingerprint density at radius 1 is 1.26 bits per heavy atom. The van der Waals surface area contributed by atoms with Crippen LogP contribution in [0, 0.1) is 5.82 Å². The first-order chi connectivity index (χ1) is 12.9. The Labute approximate surface area is 161 Å². The van der Waals surface area contributed by atoms with Crippen molar-refractivity contribution in [2.24, 2.45) is 0 Å². The monoisotopic (exact) mass is 389 g/mol. The number of halogens is 1. The average molecular weight is 389 g/mol. The van der Waals surface area contributed by atoms with Crippen molar-refractivity contribution in [2.45, 2.75) is 43.2 Å². The van der Waals surface area contributed by atoms with Crippen molar-refractivity contribution >= 4 is 23.1 Å². The molecule has 1 aromatic carbocycles. The number of fused-ring (bicyclic) bond motifs is 5. The molecule has 2 aromatic rings. The number of quaternary nitrogens is 1. The van der Waals surface area contributed by atoms with Crippen molar-refractivity contribution in [1.29, 1.82) is 0 Å². The van der Waals surface area contributed by atoms with Crippen LogP contribution >= 0.6 is 11.3 Å². The second-order valence-electron chi connectivity index (χ2n) is 8.12. The number of carbonyl (C=O) groups excluding carboxylic acids is 1. The molecule has 3 aliphatic rings. The third-order valence-corrected chi connectivity index (χ3v) is 7.22. The maximum atomic E-state index is 13.7. The molecule has 1 unspecified atom stereocenters. The number of anilines is 1. The second kappa shape index (κ2) is 6.02. The topological polar surface area (TPSA) is 50.9 Å². The SMILES string of the molecule is C[N+]1(C)[C@@H]2CC(OC(=O)Nc3ccc(F)cc3-c3cccs3)C[C@H]1[C@H]1O[C@H]12.